The highest BCUT2D eigenvalue weighted by atomic mass is 32.1. The van der Waals surface area contributed by atoms with Crippen LogP contribution in [0.25, 0.3) is 0 Å². The lowest BCUT2D eigenvalue weighted by atomic mass is 10.0. The second-order valence-corrected chi connectivity index (χ2v) is 5.63. The Kier molecular flexibility index (Phi) is 3.05. The quantitative estimate of drug-likeness (QED) is 0.764. The zero-order chi connectivity index (χ0) is 12.5. The van der Waals surface area contributed by atoms with Crippen LogP contribution >= 0.6 is 11.3 Å². The van der Waals surface area contributed by atoms with Gasteiger partial charge in [-0.1, -0.05) is 6.07 Å². The molecule has 0 bridgehead atoms. The van der Waals surface area contributed by atoms with Gasteiger partial charge < -0.3 is 15.5 Å². The molecule has 3 rings (SSSR count). The third-order valence-corrected chi connectivity index (χ3v) is 4.33. The normalized spacial score (nSPS) is 27.9. The van der Waals surface area contributed by atoms with Crippen LogP contribution < -0.4 is 10.6 Å². The van der Waals surface area contributed by atoms with E-state index >= 15 is 0 Å². The number of rotatable bonds is 2. The summed E-state index contributed by atoms with van der Waals surface area (Å²) < 4.78 is 0. The molecule has 2 aliphatic heterocycles. The van der Waals surface area contributed by atoms with Gasteiger partial charge in [-0.3, -0.25) is 9.59 Å². The zero-order valence-corrected chi connectivity index (χ0v) is 10.7. The van der Waals surface area contributed by atoms with E-state index in [0.717, 1.165) is 11.4 Å². The molecule has 0 unspecified atom stereocenters. The largest absolute Gasteiger partial charge is 0.342 e. The number of nitrogens with one attached hydrogen (secondary N) is 2. The second kappa shape index (κ2) is 4.70. The van der Waals surface area contributed by atoms with Crippen molar-refractivity contribution in [2.45, 2.75) is 18.5 Å². The summed E-state index contributed by atoms with van der Waals surface area (Å²) in [7, 11) is 0. The SMILES string of the molecule is O=C1N[C@@H](Cc2cccs2)C(=O)N2CCNC[C@@H]12. The summed E-state index contributed by atoms with van der Waals surface area (Å²) in [4.78, 5) is 27.1. The van der Waals surface area contributed by atoms with Gasteiger partial charge in [-0.25, -0.2) is 0 Å². The van der Waals surface area contributed by atoms with Gasteiger partial charge in [-0.15, -0.1) is 11.3 Å². The van der Waals surface area contributed by atoms with E-state index in [1.807, 2.05) is 17.5 Å². The first-order chi connectivity index (χ1) is 8.75. The third kappa shape index (κ3) is 2.02. The highest BCUT2D eigenvalue weighted by Crippen LogP contribution is 2.17. The highest BCUT2D eigenvalue weighted by Gasteiger charge is 2.41. The van der Waals surface area contributed by atoms with E-state index < -0.39 is 6.04 Å². The number of carbonyl (C=O) groups is 2. The monoisotopic (exact) mass is 265 g/mol. The molecule has 0 aliphatic carbocycles. The molecule has 2 atom stereocenters. The summed E-state index contributed by atoms with van der Waals surface area (Å²) in [5.41, 5.74) is 0. The van der Waals surface area contributed by atoms with Crippen LogP contribution in [0.3, 0.4) is 0 Å². The van der Waals surface area contributed by atoms with Gasteiger partial charge in [0.2, 0.25) is 11.8 Å². The number of amides is 2. The van der Waals surface area contributed by atoms with Crippen molar-refractivity contribution in [1.82, 2.24) is 15.5 Å². The van der Waals surface area contributed by atoms with Crippen LogP contribution in [0.4, 0.5) is 0 Å². The molecule has 0 radical (unpaired) electrons. The van der Waals surface area contributed by atoms with Crippen LogP contribution in [-0.4, -0.2) is 48.4 Å². The van der Waals surface area contributed by atoms with Crippen molar-refractivity contribution in [3.8, 4) is 0 Å². The lowest BCUT2D eigenvalue weighted by Crippen LogP contribution is -2.69. The van der Waals surface area contributed by atoms with E-state index in [1.165, 1.54) is 0 Å². The van der Waals surface area contributed by atoms with E-state index in [-0.39, 0.29) is 17.9 Å². The van der Waals surface area contributed by atoms with E-state index in [4.69, 9.17) is 0 Å². The zero-order valence-electron chi connectivity index (χ0n) is 9.89. The lowest BCUT2D eigenvalue weighted by Gasteiger charge is -2.41. The molecule has 1 aromatic rings. The molecule has 18 heavy (non-hydrogen) atoms. The Labute approximate surface area is 109 Å². The predicted molar refractivity (Wildman–Crippen MR) is 68.3 cm³/mol. The first-order valence-corrected chi connectivity index (χ1v) is 6.97. The molecule has 6 heteroatoms. The molecule has 2 N–H and O–H groups in total. The average Bonchev–Trinajstić information content (AvgIpc) is 2.89. The maximum absolute atomic E-state index is 12.3. The average molecular weight is 265 g/mol. The molecule has 96 valence electrons. The molecule has 5 nitrogen and oxygen atoms in total. The van der Waals surface area contributed by atoms with Crippen molar-refractivity contribution in [3.05, 3.63) is 22.4 Å². The minimum absolute atomic E-state index is 0.0386. The van der Waals surface area contributed by atoms with E-state index in [9.17, 15) is 9.59 Å². The molecule has 2 aliphatic rings. The van der Waals surface area contributed by atoms with Crippen LogP contribution in [0.2, 0.25) is 0 Å². The summed E-state index contributed by atoms with van der Waals surface area (Å²) >= 11 is 1.61. The van der Waals surface area contributed by atoms with Crippen LogP contribution in [-0.2, 0) is 16.0 Å². The predicted octanol–water partition coefficient (Wildman–Crippen LogP) is -0.411. The molecule has 1 aromatic heterocycles. The maximum atomic E-state index is 12.3. The summed E-state index contributed by atoms with van der Waals surface area (Å²) in [5.74, 6) is 0.0119. The molecule has 3 heterocycles. The number of carbonyl (C=O) groups excluding carboxylic acids is 2. The second-order valence-electron chi connectivity index (χ2n) is 4.60. The van der Waals surface area contributed by atoms with Gasteiger partial charge >= 0.3 is 0 Å². The highest BCUT2D eigenvalue weighted by molar-refractivity contribution is 7.09. The molecule has 0 saturated carbocycles. The van der Waals surface area contributed by atoms with Gasteiger partial charge in [0.05, 0.1) is 0 Å². The summed E-state index contributed by atoms with van der Waals surface area (Å²) in [6, 6.07) is 3.23. The molecule has 2 amide bonds. The van der Waals surface area contributed by atoms with Gasteiger partial charge in [0.25, 0.3) is 0 Å². The summed E-state index contributed by atoms with van der Waals surface area (Å²) in [6.07, 6.45) is 0.596. The topological polar surface area (TPSA) is 61.4 Å². The smallest absolute Gasteiger partial charge is 0.246 e. The fourth-order valence-corrected chi connectivity index (χ4v) is 3.25. The lowest BCUT2D eigenvalue weighted by molar-refractivity contribution is -0.150. The number of hydrogen-bond donors (Lipinski definition) is 2. The first kappa shape index (κ1) is 11.7. The van der Waals surface area contributed by atoms with Crippen molar-refractivity contribution in [2.24, 2.45) is 0 Å². The van der Waals surface area contributed by atoms with Crippen molar-refractivity contribution >= 4 is 23.2 Å². The van der Waals surface area contributed by atoms with Gasteiger partial charge in [0.15, 0.2) is 0 Å². The van der Waals surface area contributed by atoms with Gasteiger partial charge in [-0.2, -0.15) is 0 Å². The Morgan fingerprint density at radius 3 is 3.11 bits per heavy atom. The number of thiophene rings is 1. The van der Waals surface area contributed by atoms with Gasteiger partial charge in [0, 0.05) is 30.9 Å². The molecule has 0 aromatic carbocycles. The third-order valence-electron chi connectivity index (χ3n) is 3.43. The Bertz CT molecular complexity index is 460. The fraction of sp³-hybridized carbons (Fsp3) is 0.500. The van der Waals surface area contributed by atoms with Crippen LogP contribution in [0.5, 0.6) is 0 Å². The van der Waals surface area contributed by atoms with Crippen LogP contribution in [0.15, 0.2) is 17.5 Å². The number of fused-ring (bicyclic) bond motifs is 1. The van der Waals surface area contributed by atoms with E-state index in [0.29, 0.717) is 19.5 Å². The van der Waals surface area contributed by atoms with Gasteiger partial charge in [-0.05, 0) is 11.4 Å². The van der Waals surface area contributed by atoms with E-state index in [2.05, 4.69) is 10.6 Å². The Morgan fingerprint density at radius 1 is 1.44 bits per heavy atom. The summed E-state index contributed by atoms with van der Waals surface area (Å²) in [6.45, 7) is 1.95. The first-order valence-electron chi connectivity index (χ1n) is 6.09. The van der Waals surface area contributed by atoms with Crippen molar-refractivity contribution in [3.63, 3.8) is 0 Å². The Balaban J connectivity index is 1.76. The van der Waals surface area contributed by atoms with Crippen molar-refractivity contribution in [2.75, 3.05) is 19.6 Å². The Morgan fingerprint density at radius 2 is 2.33 bits per heavy atom. The van der Waals surface area contributed by atoms with Crippen LogP contribution in [0.1, 0.15) is 4.88 Å². The Hall–Kier alpha value is -1.40. The molecule has 2 fully saturated rings. The summed E-state index contributed by atoms with van der Waals surface area (Å²) in [5, 5.41) is 7.97. The number of hydrogen-bond acceptors (Lipinski definition) is 4. The number of piperazine rings is 2. The number of nitrogens with zero attached hydrogens (tertiary/aromatic N) is 1. The van der Waals surface area contributed by atoms with E-state index in [1.54, 1.807) is 16.2 Å². The fourth-order valence-electron chi connectivity index (χ4n) is 2.50. The molecule has 0 spiro atoms. The minimum Gasteiger partial charge on any atom is -0.342 e. The molecular formula is C12H15N3O2S. The standard InChI is InChI=1S/C12H15N3O2S/c16-11-10-7-13-3-4-15(10)12(17)9(14-11)6-8-2-1-5-18-8/h1-2,5,9-10,13H,3-4,6-7H2,(H,14,16)/t9-,10-/m0/s1. The van der Waals surface area contributed by atoms with Crippen LogP contribution in [0, 0.1) is 0 Å². The molecular weight excluding hydrogens is 250 g/mol. The maximum Gasteiger partial charge on any atom is 0.246 e. The van der Waals surface area contributed by atoms with Gasteiger partial charge in [0.1, 0.15) is 12.1 Å². The van der Waals surface area contributed by atoms with Crippen molar-refractivity contribution in [1.29, 1.82) is 0 Å². The van der Waals surface area contributed by atoms with Crippen molar-refractivity contribution < 1.29 is 9.59 Å². The molecule has 2 saturated heterocycles. The minimum atomic E-state index is -0.398.